The summed E-state index contributed by atoms with van der Waals surface area (Å²) >= 11 is 0. The molecule has 2 aliphatic heterocycles. The molecule has 0 radical (unpaired) electrons. The molecule has 2 nitrogen and oxygen atoms in total. The third-order valence-corrected chi connectivity index (χ3v) is 9.58. The number of halogens is 1. The number of fused-ring (bicyclic) bond motifs is 2. The highest BCUT2D eigenvalue weighted by molar-refractivity contribution is 6.03. The molecule has 2 atom stereocenters. The van der Waals surface area contributed by atoms with Crippen molar-refractivity contribution in [3.8, 4) is 0 Å². The van der Waals surface area contributed by atoms with Crippen molar-refractivity contribution in [3.63, 3.8) is 0 Å². The zero-order chi connectivity index (χ0) is 27.8. The van der Waals surface area contributed by atoms with Crippen LogP contribution in [0, 0.1) is 0 Å². The summed E-state index contributed by atoms with van der Waals surface area (Å²) in [6.07, 6.45) is 13.1. The van der Waals surface area contributed by atoms with E-state index in [1.54, 1.807) is 0 Å². The first-order valence-electron chi connectivity index (χ1n) is 14.9. The van der Waals surface area contributed by atoms with E-state index in [0.29, 0.717) is 0 Å². The maximum absolute atomic E-state index is 15.8. The summed E-state index contributed by atoms with van der Waals surface area (Å²) < 4.78 is 18.2. The van der Waals surface area contributed by atoms with Crippen molar-refractivity contribution >= 4 is 17.1 Å². The van der Waals surface area contributed by atoms with E-state index >= 15 is 4.39 Å². The van der Waals surface area contributed by atoms with Crippen LogP contribution >= 0.6 is 0 Å². The standard InChI is InChI=1S/C36H44FN2/c1-7-25-39-31-18-14-12-16-29(31)36(6,9-3)33(39)24-22-27-20-19-26(34(27)37)21-23-32-35(5,8-2)28-15-11-13-17-30(28)38(32)10-4/h11-18,21-24H,7-10,19-20,25H2,1-6H3/q+1. The van der Waals surface area contributed by atoms with Gasteiger partial charge in [0.05, 0.1) is 5.41 Å². The zero-order valence-electron chi connectivity index (χ0n) is 24.7. The maximum Gasteiger partial charge on any atom is 0.209 e. The molecular weight excluding hydrogens is 479 g/mol. The van der Waals surface area contributed by atoms with Gasteiger partial charge in [0.25, 0.3) is 0 Å². The molecule has 2 unspecified atom stereocenters. The zero-order valence-corrected chi connectivity index (χ0v) is 24.7. The molecule has 0 N–H and O–H groups in total. The first kappa shape index (κ1) is 27.4. The Balaban J connectivity index is 1.48. The van der Waals surface area contributed by atoms with Gasteiger partial charge in [0.15, 0.2) is 5.71 Å². The van der Waals surface area contributed by atoms with Crippen molar-refractivity contribution in [1.29, 1.82) is 0 Å². The molecule has 2 heterocycles. The van der Waals surface area contributed by atoms with Crippen molar-refractivity contribution in [2.24, 2.45) is 0 Å². The van der Waals surface area contributed by atoms with E-state index in [0.717, 1.165) is 56.3 Å². The Bertz CT molecular complexity index is 1420. The smallest absolute Gasteiger partial charge is 0.209 e. The largest absolute Gasteiger partial charge is 0.344 e. The van der Waals surface area contributed by atoms with Crippen molar-refractivity contribution < 1.29 is 8.97 Å². The molecule has 204 valence electrons. The first-order valence-corrected chi connectivity index (χ1v) is 14.9. The summed E-state index contributed by atoms with van der Waals surface area (Å²) in [4.78, 5) is 2.40. The van der Waals surface area contributed by atoms with Crippen molar-refractivity contribution in [2.45, 2.75) is 84.5 Å². The minimum absolute atomic E-state index is 0.0452. The quantitative estimate of drug-likeness (QED) is 0.312. The van der Waals surface area contributed by atoms with Crippen LogP contribution in [-0.4, -0.2) is 23.4 Å². The molecule has 0 saturated carbocycles. The molecule has 2 aromatic carbocycles. The Morgan fingerprint density at radius 2 is 1.54 bits per heavy atom. The van der Waals surface area contributed by atoms with Gasteiger partial charge in [0, 0.05) is 47.5 Å². The van der Waals surface area contributed by atoms with E-state index < -0.39 is 0 Å². The Labute approximate surface area is 235 Å². The lowest BCUT2D eigenvalue weighted by Crippen LogP contribution is -2.30. The second-order valence-electron chi connectivity index (χ2n) is 11.6. The van der Waals surface area contributed by atoms with Crippen molar-refractivity contribution in [3.05, 3.63) is 107 Å². The predicted octanol–water partition coefficient (Wildman–Crippen LogP) is 9.45. The van der Waals surface area contributed by atoms with Crippen LogP contribution in [-0.2, 0) is 10.8 Å². The van der Waals surface area contributed by atoms with Gasteiger partial charge >= 0.3 is 0 Å². The number of nitrogens with zero attached hydrogens (tertiary/aromatic N) is 2. The molecule has 2 aromatic rings. The lowest BCUT2D eigenvalue weighted by atomic mass is 9.77. The van der Waals surface area contributed by atoms with Gasteiger partial charge < -0.3 is 4.90 Å². The summed E-state index contributed by atoms with van der Waals surface area (Å²) in [5.74, 6) is -0.0452. The van der Waals surface area contributed by atoms with Gasteiger partial charge in [-0.25, -0.2) is 4.39 Å². The SMILES string of the molecule is CCC[N+]1=C(/C=C/C2=C(F)C(=C/C=C3/N(CC)c4ccccc4C3(C)CC)/CC2)C(C)(CC)c2ccccc21. The molecule has 0 saturated heterocycles. The summed E-state index contributed by atoms with van der Waals surface area (Å²) in [6.45, 7) is 15.5. The van der Waals surface area contributed by atoms with Crippen LogP contribution in [0.3, 0.4) is 0 Å². The number of anilines is 1. The Morgan fingerprint density at radius 3 is 2.23 bits per heavy atom. The van der Waals surface area contributed by atoms with Crippen LogP contribution in [0.15, 0.2) is 95.5 Å². The van der Waals surface area contributed by atoms with Gasteiger partial charge in [-0.2, -0.15) is 4.58 Å². The lowest BCUT2D eigenvalue weighted by molar-refractivity contribution is -0.437. The fraction of sp³-hybridized carbons (Fsp3) is 0.417. The van der Waals surface area contributed by atoms with Crippen molar-refractivity contribution in [2.75, 3.05) is 18.0 Å². The van der Waals surface area contributed by atoms with Crippen LogP contribution in [0.1, 0.15) is 84.8 Å². The average molecular weight is 524 g/mol. The molecule has 39 heavy (non-hydrogen) atoms. The number of hydrogen-bond donors (Lipinski definition) is 0. The molecule has 3 heteroatoms. The fourth-order valence-electron chi connectivity index (χ4n) is 6.95. The summed E-state index contributed by atoms with van der Waals surface area (Å²) in [7, 11) is 0. The molecule has 0 fully saturated rings. The monoisotopic (exact) mass is 523 g/mol. The van der Waals surface area contributed by atoms with E-state index in [1.165, 1.54) is 33.9 Å². The number of hydrogen-bond acceptors (Lipinski definition) is 1. The van der Waals surface area contributed by atoms with E-state index in [2.05, 4.69) is 118 Å². The van der Waals surface area contributed by atoms with Gasteiger partial charge in [-0.1, -0.05) is 63.2 Å². The third-order valence-electron chi connectivity index (χ3n) is 9.58. The highest BCUT2D eigenvalue weighted by Crippen LogP contribution is 2.50. The average Bonchev–Trinajstić information content (AvgIpc) is 3.53. The van der Waals surface area contributed by atoms with Gasteiger partial charge in [-0.15, -0.1) is 0 Å². The minimum atomic E-state index is -0.0628. The molecule has 0 aromatic heterocycles. The van der Waals surface area contributed by atoms with E-state index in [1.807, 2.05) is 6.08 Å². The van der Waals surface area contributed by atoms with E-state index in [4.69, 9.17) is 0 Å². The highest BCUT2D eigenvalue weighted by atomic mass is 19.1. The highest BCUT2D eigenvalue weighted by Gasteiger charge is 2.46. The van der Waals surface area contributed by atoms with Crippen molar-refractivity contribution in [1.82, 2.24) is 0 Å². The molecule has 1 aliphatic carbocycles. The fourth-order valence-corrected chi connectivity index (χ4v) is 6.95. The normalized spacial score (nSPS) is 26.6. The predicted molar refractivity (Wildman–Crippen MR) is 164 cm³/mol. The second-order valence-corrected chi connectivity index (χ2v) is 11.6. The van der Waals surface area contributed by atoms with Gasteiger partial charge in [-0.3, -0.25) is 0 Å². The molecule has 5 rings (SSSR count). The van der Waals surface area contributed by atoms with Crippen LogP contribution in [0.25, 0.3) is 0 Å². The summed E-state index contributed by atoms with van der Waals surface area (Å²) in [5, 5.41) is 0. The van der Waals surface area contributed by atoms with E-state index in [-0.39, 0.29) is 16.7 Å². The summed E-state index contributed by atoms with van der Waals surface area (Å²) in [6, 6.07) is 17.5. The summed E-state index contributed by atoms with van der Waals surface area (Å²) in [5.41, 5.74) is 9.40. The Morgan fingerprint density at radius 1 is 0.846 bits per heavy atom. The van der Waals surface area contributed by atoms with Crippen LogP contribution in [0.5, 0.6) is 0 Å². The van der Waals surface area contributed by atoms with Crippen LogP contribution < -0.4 is 4.90 Å². The number of likely N-dealkylation sites (N-methyl/N-ethyl adjacent to an activating group) is 1. The molecule has 0 bridgehead atoms. The number of para-hydroxylation sites is 2. The van der Waals surface area contributed by atoms with Gasteiger partial charge in [0.1, 0.15) is 12.4 Å². The third kappa shape index (κ3) is 4.35. The van der Waals surface area contributed by atoms with E-state index in [9.17, 15) is 0 Å². The number of rotatable bonds is 8. The number of benzene rings is 2. The Hall–Kier alpha value is -3.20. The van der Waals surface area contributed by atoms with Crippen LogP contribution in [0.2, 0.25) is 0 Å². The second kappa shape index (κ2) is 10.8. The van der Waals surface area contributed by atoms with Crippen LogP contribution in [0.4, 0.5) is 15.8 Å². The number of allylic oxidation sites excluding steroid dienone is 8. The topological polar surface area (TPSA) is 6.25 Å². The lowest BCUT2D eigenvalue weighted by Gasteiger charge is -2.28. The van der Waals surface area contributed by atoms with Gasteiger partial charge in [-0.05, 0) is 81.4 Å². The molecule has 0 amide bonds. The van der Waals surface area contributed by atoms with Gasteiger partial charge in [0.2, 0.25) is 5.69 Å². The molecule has 0 spiro atoms. The minimum Gasteiger partial charge on any atom is -0.344 e. The maximum atomic E-state index is 15.8. The first-order chi connectivity index (χ1) is 18.8. The Kier molecular flexibility index (Phi) is 7.55. The molecule has 3 aliphatic rings. The molecular formula is C36H44FN2+.